The second kappa shape index (κ2) is 9.03. The third kappa shape index (κ3) is 4.37. The number of carbonyl (C=O) groups is 2. The highest BCUT2D eigenvalue weighted by Crippen LogP contribution is 2.32. The van der Waals surface area contributed by atoms with Gasteiger partial charge < -0.3 is 25.0 Å². The molecule has 3 aromatic rings. The Morgan fingerprint density at radius 2 is 1.84 bits per heavy atom. The molecule has 9 heteroatoms. The molecular weight excluding hydrogens is 410 g/mol. The molecule has 9 nitrogen and oxygen atoms in total. The van der Waals surface area contributed by atoms with Gasteiger partial charge in [0.2, 0.25) is 5.88 Å². The second-order valence-corrected chi connectivity index (χ2v) is 7.43. The van der Waals surface area contributed by atoms with Crippen LogP contribution in [-0.2, 0) is 4.79 Å². The number of hydrogen-bond donors (Lipinski definition) is 2. The molecule has 0 radical (unpaired) electrons. The van der Waals surface area contributed by atoms with E-state index in [-0.39, 0.29) is 5.91 Å². The van der Waals surface area contributed by atoms with E-state index in [1.54, 1.807) is 44.7 Å². The molecule has 0 aliphatic carbocycles. The zero-order valence-corrected chi connectivity index (χ0v) is 17.8. The van der Waals surface area contributed by atoms with Crippen LogP contribution in [0.2, 0.25) is 0 Å². The fourth-order valence-corrected chi connectivity index (χ4v) is 3.36. The van der Waals surface area contributed by atoms with E-state index in [0.29, 0.717) is 41.8 Å². The summed E-state index contributed by atoms with van der Waals surface area (Å²) in [5.41, 5.74) is 3.63. The SMILES string of the molecule is CN(C)C(=O)c1ccc(-c2ccc(Nc3cnc4c(c3)N(C(=O)CO)CCO4)nc2)cc1. The summed E-state index contributed by atoms with van der Waals surface area (Å²) in [7, 11) is 3.44. The van der Waals surface area contributed by atoms with Gasteiger partial charge in [-0.3, -0.25) is 9.59 Å². The average Bonchev–Trinajstić information content (AvgIpc) is 2.83. The summed E-state index contributed by atoms with van der Waals surface area (Å²) >= 11 is 0. The van der Waals surface area contributed by atoms with Crippen LogP contribution >= 0.6 is 0 Å². The number of nitrogens with zero attached hydrogens (tertiary/aromatic N) is 4. The predicted octanol–water partition coefficient (Wildman–Crippen LogP) is 2.31. The lowest BCUT2D eigenvalue weighted by Crippen LogP contribution is -2.39. The maximum Gasteiger partial charge on any atom is 0.253 e. The van der Waals surface area contributed by atoms with Gasteiger partial charge in [0.25, 0.3) is 11.8 Å². The van der Waals surface area contributed by atoms with Crippen molar-refractivity contribution in [1.29, 1.82) is 0 Å². The molecule has 3 heterocycles. The van der Waals surface area contributed by atoms with E-state index >= 15 is 0 Å². The van der Waals surface area contributed by atoms with Crippen LogP contribution in [0.3, 0.4) is 0 Å². The van der Waals surface area contributed by atoms with Gasteiger partial charge in [-0.1, -0.05) is 12.1 Å². The van der Waals surface area contributed by atoms with E-state index in [1.807, 2.05) is 24.3 Å². The maximum absolute atomic E-state index is 12.0. The Morgan fingerprint density at radius 1 is 1.09 bits per heavy atom. The first kappa shape index (κ1) is 21.3. The first-order chi connectivity index (χ1) is 15.5. The molecule has 0 spiro atoms. The van der Waals surface area contributed by atoms with E-state index in [9.17, 15) is 14.7 Å². The summed E-state index contributed by atoms with van der Waals surface area (Å²) < 4.78 is 5.50. The Bertz CT molecular complexity index is 1130. The fraction of sp³-hybridized carbons (Fsp3) is 0.217. The standard InChI is InChI=1S/C23H23N5O4/c1-27(2)23(31)16-5-3-15(4-6-16)17-7-8-20(24-12-17)26-18-11-19-22(25-13-18)32-10-9-28(19)21(30)14-29/h3-8,11-13,29H,9-10,14H2,1-2H3,(H,24,26). The minimum atomic E-state index is -0.579. The molecule has 1 aliphatic rings. The number of amides is 2. The molecule has 0 saturated carbocycles. The fourth-order valence-electron chi connectivity index (χ4n) is 3.36. The first-order valence-corrected chi connectivity index (χ1v) is 10.1. The van der Waals surface area contributed by atoms with Gasteiger partial charge in [-0.2, -0.15) is 0 Å². The average molecular weight is 433 g/mol. The van der Waals surface area contributed by atoms with Crippen LogP contribution in [0, 0.1) is 0 Å². The number of pyridine rings is 2. The van der Waals surface area contributed by atoms with Crippen LogP contribution in [0.4, 0.5) is 17.2 Å². The highest BCUT2D eigenvalue weighted by Gasteiger charge is 2.24. The van der Waals surface area contributed by atoms with Crippen molar-refractivity contribution in [2.45, 2.75) is 0 Å². The highest BCUT2D eigenvalue weighted by atomic mass is 16.5. The van der Waals surface area contributed by atoms with Crippen molar-refractivity contribution >= 4 is 29.0 Å². The molecule has 2 aromatic heterocycles. The zero-order valence-electron chi connectivity index (χ0n) is 17.8. The topological polar surface area (TPSA) is 108 Å². The van der Waals surface area contributed by atoms with E-state index in [2.05, 4.69) is 15.3 Å². The molecule has 2 amide bonds. The summed E-state index contributed by atoms with van der Waals surface area (Å²) in [6.45, 7) is 0.0968. The lowest BCUT2D eigenvalue weighted by molar-refractivity contribution is -0.121. The number of rotatable bonds is 5. The Balaban J connectivity index is 1.50. The molecule has 0 unspecified atom stereocenters. The number of nitrogens with one attached hydrogen (secondary N) is 1. The van der Waals surface area contributed by atoms with E-state index in [0.717, 1.165) is 11.1 Å². The molecule has 164 valence electrons. The number of benzene rings is 1. The number of hydrogen-bond acceptors (Lipinski definition) is 7. The van der Waals surface area contributed by atoms with Crippen molar-refractivity contribution < 1.29 is 19.4 Å². The van der Waals surface area contributed by atoms with Gasteiger partial charge in [0, 0.05) is 31.4 Å². The van der Waals surface area contributed by atoms with Crippen LogP contribution < -0.4 is 15.0 Å². The second-order valence-electron chi connectivity index (χ2n) is 7.43. The Labute approximate surface area is 185 Å². The molecule has 2 N–H and O–H groups in total. The molecule has 1 aromatic carbocycles. The zero-order chi connectivity index (χ0) is 22.7. The largest absolute Gasteiger partial charge is 0.474 e. The number of carbonyl (C=O) groups excluding carboxylic acids is 2. The maximum atomic E-state index is 12.0. The molecule has 32 heavy (non-hydrogen) atoms. The lowest BCUT2D eigenvalue weighted by Gasteiger charge is -2.28. The number of aromatic nitrogens is 2. The van der Waals surface area contributed by atoms with Gasteiger partial charge in [0.05, 0.1) is 18.4 Å². The minimum Gasteiger partial charge on any atom is -0.474 e. The van der Waals surface area contributed by atoms with Crippen LogP contribution in [0.15, 0.2) is 54.9 Å². The molecule has 0 fully saturated rings. The highest BCUT2D eigenvalue weighted by molar-refractivity contribution is 5.96. The Hall–Kier alpha value is -3.98. The number of anilines is 3. The molecule has 0 saturated heterocycles. The number of aliphatic hydroxyl groups is 1. The number of fused-ring (bicyclic) bond motifs is 1. The van der Waals surface area contributed by atoms with Crippen LogP contribution in [0.25, 0.3) is 11.1 Å². The summed E-state index contributed by atoms with van der Waals surface area (Å²) in [5, 5.41) is 12.4. The van der Waals surface area contributed by atoms with E-state index < -0.39 is 12.5 Å². The smallest absolute Gasteiger partial charge is 0.253 e. The third-order valence-electron chi connectivity index (χ3n) is 5.02. The Morgan fingerprint density at radius 3 is 2.50 bits per heavy atom. The normalized spacial score (nSPS) is 12.5. The van der Waals surface area contributed by atoms with Gasteiger partial charge in [0.1, 0.15) is 24.7 Å². The molecular formula is C23H23N5O4. The minimum absolute atomic E-state index is 0.0439. The van der Waals surface area contributed by atoms with E-state index in [1.165, 1.54) is 9.80 Å². The first-order valence-electron chi connectivity index (χ1n) is 10.1. The molecule has 0 bridgehead atoms. The molecule has 0 atom stereocenters. The summed E-state index contributed by atoms with van der Waals surface area (Å²) in [5.74, 6) is 0.501. The summed E-state index contributed by atoms with van der Waals surface area (Å²) in [6, 6.07) is 12.9. The van der Waals surface area contributed by atoms with Crippen LogP contribution in [0.1, 0.15) is 10.4 Å². The van der Waals surface area contributed by atoms with Crippen LogP contribution in [-0.4, -0.2) is 65.6 Å². The molecule has 1 aliphatic heterocycles. The van der Waals surface area contributed by atoms with Crippen LogP contribution in [0.5, 0.6) is 5.88 Å². The van der Waals surface area contributed by atoms with Gasteiger partial charge in [-0.15, -0.1) is 0 Å². The van der Waals surface area contributed by atoms with Gasteiger partial charge in [-0.25, -0.2) is 9.97 Å². The monoisotopic (exact) mass is 433 g/mol. The van der Waals surface area contributed by atoms with Crippen molar-refractivity contribution in [3.05, 3.63) is 60.4 Å². The summed E-state index contributed by atoms with van der Waals surface area (Å²) in [4.78, 5) is 35.7. The quantitative estimate of drug-likeness (QED) is 0.636. The summed E-state index contributed by atoms with van der Waals surface area (Å²) in [6.07, 6.45) is 3.34. The predicted molar refractivity (Wildman–Crippen MR) is 120 cm³/mol. The lowest BCUT2D eigenvalue weighted by atomic mass is 10.1. The Kier molecular flexibility index (Phi) is 6.00. The van der Waals surface area contributed by atoms with Crippen molar-refractivity contribution in [2.24, 2.45) is 0 Å². The van der Waals surface area contributed by atoms with Gasteiger partial charge in [-0.05, 0) is 35.9 Å². The third-order valence-corrected chi connectivity index (χ3v) is 5.02. The van der Waals surface area contributed by atoms with Crippen molar-refractivity contribution in [3.63, 3.8) is 0 Å². The van der Waals surface area contributed by atoms with Crippen molar-refractivity contribution in [2.75, 3.05) is 44.1 Å². The van der Waals surface area contributed by atoms with Crippen molar-refractivity contribution in [3.8, 4) is 17.0 Å². The van der Waals surface area contributed by atoms with Gasteiger partial charge in [0.15, 0.2) is 0 Å². The van der Waals surface area contributed by atoms with Gasteiger partial charge >= 0.3 is 0 Å². The van der Waals surface area contributed by atoms with E-state index in [4.69, 9.17) is 4.74 Å². The number of ether oxygens (including phenoxy) is 1. The molecule has 4 rings (SSSR count). The number of aliphatic hydroxyl groups excluding tert-OH is 1. The van der Waals surface area contributed by atoms with Crippen molar-refractivity contribution in [1.82, 2.24) is 14.9 Å².